The molecule has 3 heterocycles. The van der Waals surface area contributed by atoms with E-state index in [1.165, 1.54) is 25.2 Å². The summed E-state index contributed by atoms with van der Waals surface area (Å²) in [6.07, 6.45) is -0.129. The number of urea groups is 1. The summed E-state index contributed by atoms with van der Waals surface area (Å²) in [4.78, 5) is 32.7. The van der Waals surface area contributed by atoms with E-state index in [9.17, 15) is 19.1 Å². The Morgan fingerprint density at radius 1 is 1.47 bits per heavy atom. The molecule has 2 aliphatic heterocycles. The molecule has 0 saturated heterocycles. The van der Waals surface area contributed by atoms with E-state index in [1.807, 2.05) is 6.92 Å². The normalized spacial score (nSPS) is 21.2. The third-order valence-corrected chi connectivity index (χ3v) is 5.58. The highest BCUT2D eigenvalue weighted by molar-refractivity contribution is 6.31. The first-order valence-electron chi connectivity index (χ1n) is 9.45. The van der Waals surface area contributed by atoms with Gasteiger partial charge in [-0.15, -0.1) is 0 Å². The molecule has 2 aliphatic rings. The lowest BCUT2D eigenvalue weighted by Gasteiger charge is -2.33. The lowest BCUT2D eigenvalue weighted by atomic mass is 9.99. The van der Waals surface area contributed by atoms with Gasteiger partial charge in [-0.2, -0.15) is 5.10 Å². The Labute approximate surface area is 176 Å². The van der Waals surface area contributed by atoms with Crippen LogP contribution >= 0.6 is 11.6 Å². The van der Waals surface area contributed by atoms with Gasteiger partial charge < -0.3 is 15.3 Å². The summed E-state index contributed by atoms with van der Waals surface area (Å²) >= 11 is 5.79. The molecule has 2 atom stereocenters. The van der Waals surface area contributed by atoms with Crippen molar-refractivity contribution in [3.8, 4) is 0 Å². The van der Waals surface area contributed by atoms with Crippen molar-refractivity contribution in [3.05, 3.63) is 46.0 Å². The molecule has 3 amide bonds. The van der Waals surface area contributed by atoms with Crippen molar-refractivity contribution in [1.29, 1.82) is 0 Å². The summed E-state index contributed by atoms with van der Waals surface area (Å²) in [5.74, 6) is -0.959. The van der Waals surface area contributed by atoms with Crippen LogP contribution in [0.25, 0.3) is 0 Å². The number of aliphatic hydroxyl groups is 1. The highest BCUT2D eigenvalue weighted by atomic mass is 35.5. The standard InChI is InChI=1S/C19H21ClFN5O4/c1-10-5-16-13(17-18(28)24(2)30-12(9-27)7-26(17)23-16)8-25(10)19(29)22-11-3-4-15(21)14(20)6-11/h3-4,6,10,12,27H,5,7-9H2,1-2H3,(H,22,29)/t10-,12-/m1/s1. The van der Waals surface area contributed by atoms with Crippen molar-refractivity contribution in [2.45, 2.75) is 38.6 Å². The largest absolute Gasteiger partial charge is 0.393 e. The zero-order valence-electron chi connectivity index (χ0n) is 16.4. The van der Waals surface area contributed by atoms with Crippen molar-refractivity contribution in [3.63, 3.8) is 0 Å². The first-order valence-corrected chi connectivity index (χ1v) is 9.83. The molecule has 0 radical (unpaired) electrons. The molecule has 0 saturated carbocycles. The second kappa shape index (κ2) is 7.86. The van der Waals surface area contributed by atoms with E-state index in [2.05, 4.69) is 10.4 Å². The van der Waals surface area contributed by atoms with Crippen LogP contribution in [0.2, 0.25) is 5.02 Å². The van der Waals surface area contributed by atoms with Crippen molar-refractivity contribution in [2.24, 2.45) is 0 Å². The molecule has 4 rings (SSSR count). The predicted molar refractivity (Wildman–Crippen MR) is 105 cm³/mol. The number of carbonyl (C=O) groups excluding carboxylic acids is 2. The molecular weight excluding hydrogens is 417 g/mol. The number of aromatic nitrogens is 2. The van der Waals surface area contributed by atoms with Gasteiger partial charge in [0.2, 0.25) is 0 Å². The summed E-state index contributed by atoms with van der Waals surface area (Å²) in [5.41, 5.74) is 2.11. The number of halogens is 2. The molecule has 2 aromatic rings. The maximum absolute atomic E-state index is 13.4. The van der Waals surface area contributed by atoms with Gasteiger partial charge in [0.25, 0.3) is 5.91 Å². The number of nitrogens with one attached hydrogen (secondary N) is 1. The minimum Gasteiger partial charge on any atom is -0.393 e. The quantitative estimate of drug-likeness (QED) is 0.748. The summed E-state index contributed by atoms with van der Waals surface area (Å²) in [5, 5.41) is 17.7. The van der Waals surface area contributed by atoms with Gasteiger partial charge in [-0.3, -0.25) is 14.3 Å². The van der Waals surface area contributed by atoms with Gasteiger partial charge in [0.15, 0.2) is 0 Å². The Morgan fingerprint density at radius 2 is 2.23 bits per heavy atom. The average molecular weight is 438 g/mol. The number of benzene rings is 1. The molecule has 11 heteroatoms. The third kappa shape index (κ3) is 3.62. The molecule has 0 fully saturated rings. The fourth-order valence-corrected chi connectivity index (χ4v) is 3.93. The van der Waals surface area contributed by atoms with Gasteiger partial charge >= 0.3 is 6.03 Å². The molecule has 1 aromatic carbocycles. The molecule has 160 valence electrons. The average Bonchev–Trinajstić information content (AvgIpc) is 2.99. The van der Waals surface area contributed by atoms with E-state index < -0.39 is 18.0 Å². The summed E-state index contributed by atoms with van der Waals surface area (Å²) in [7, 11) is 1.48. The predicted octanol–water partition coefficient (Wildman–Crippen LogP) is 2.03. The van der Waals surface area contributed by atoms with Crippen LogP contribution in [-0.2, 0) is 24.3 Å². The summed E-state index contributed by atoms with van der Waals surface area (Å²) in [6.45, 7) is 2.03. The van der Waals surface area contributed by atoms with Gasteiger partial charge in [0, 0.05) is 30.8 Å². The first-order chi connectivity index (χ1) is 14.3. The van der Waals surface area contributed by atoms with Crippen LogP contribution in [0, 0.1) is 5.82 Å². The number of fused-ring (bicyclic) bond motifs is 3. The van der Waals surface area contributed by atoms with Crippen LogP contribution in [0.1, 0.15) is 28.7 Å². The summed E-state index contributed by atoms with van der Waals surface area (Å²) in [6, 6.07) is 3.38. The van der Waals surface area contributed by atoms with Gasteiger partial charge in [-0.1, -0.05) is 11.6 Å². The lowest BCUT2D eigenvalue weighted by molar-refractivity contribution is -0.159. The number of carbonyl (C=O) groups is 2. The zero-order chi connectivity index (χ0) is 21.6. The third-order valence-electron chi connectivity index (χ3n) is 5.29. The number of aliphatic hydroxyl groups excluding tert-OH is 1. The molecule has 0 aliphatic carbocycles. The Balaban J connectivity index is 1.61. The number of hydrogen-bond donors (Lipinski definition) is 2. The number of rotatable bonds is 2. The van der Waals surface area contributed by atoms with Crippen LogP contribution in [0.4, 0.5) is 14.9 Å². The van der Waals surface area contributed by atoms with Gasteiger partial charge in [-0.05, 0) is 25.1 Å². The number of amides is 3. The van der Waals surface area contributed by atoms with E-state index in [4.69, 9.17) is 16.4 Å². The second-order valence-corrected chi connectivity index (χ2v) is 7.82. The van der Waals surface area contributed by atoms with E-state index in [0.29, 0.717) is 23.4 Å². The molecule has 30 heavy (non-hydrogen) atoms. The highest BCUT2D eigenvalue weighted by Gasteiger charge is 2.37. The van der Waals surface area contributed by atoms with Crippen molar-refractivity contribution in [2.75, 3.05) is 19.0 Å². The van der Waals surface area contributed by atoms with E-state index >= 15 is 0 Å². The Hall–Kier alpha value is -2.69. The van der Waals surface area contributed by atoms with Gasteiger partial charge in [-0.25, -0.2) is 14.2 Å². The molecule has 0 unspecified atom stereocenters. The van der Waals surface area contributed by atoms with Crippen LogP contribution in [-0.4, -0.2) is 62.6 Å². The Bertz CT molecular complexity index is 1010. The fourth-order valence-electron chi connectivity index (χ4n) is 3.75. The fraction of sp³-hybridized carbons (Fsp3) is 0.421. The molecule has 2 N–H and O–H groups in total. The van der Waals surface area contributed by atoms with Crippen molar-refractivity contribution in [1.82, 2.24) is 19.7 Å². The van der Waals surface area contributed by atoms with Crippen LogP contribution < -0.4 is 5.32 Å². The maximum Gasteiger partial charge on any atom is 0.322 e. The highest BCUT2D eigenvalue weighted by Crippen LogP contribution is 2.29. The topological polar surface area (TPSA) is 99.9 Å². The lowest BCUT2D eigenvalue weighted by Crippen LogP contribution is -2.45. The second-order valence-electron chi connectivity index (χ2n) is 7.41. The Kier molecular flexibility index (Phi) is 5.39. The minimum absolute atomic E-state index is 0.0872. The number of nitrogens with zero attached hydrogens (tertiary/aromatic N) is 4. The Morgan fingerprint density at radius 3 is 2.93 bits per heavy atom. The van der Waals surface area contributed by atoms with Crippen molar-refractivity contribution >= 4 is 29.2 Å². The SMILES string of the molecule is C[C@@H]1Cc2nn3c(c2CN1C(=O)Nc1ccc(F)c(Cl)c1)C(=O)N(C)O[C@@H](CO)C3. The number of hydrogen-bond acceptors (Lipinski definition) is 5. The van der Waals surface area contributed by atoms with Crippen LogP contribution in [0.3, 0.4) is 0 Å². The van der Waals surface area contributed by atoms with E-state index in [1.54, 1.807) is 9.58 Å². The van der Waals surface area contributed by atoms with E-state index in [0.717, 1.165) is 10.8 Å². The zero-order valence-corrected chi connectivity index (χ0v) is 17.2. The van der Waals surface area contributed by atoms with E-state index in [-0.39, 0.29) is 36.7 Å². The summed E-state index contributed by atoms with van der Waals surface area (Å²) < 4.78 is 14.9. The smallest absolute Gasteiger partial charge is 0.322 e. The van der Waals surface area contributed by atoms with Crippen LogP contribution in [0.15, 0.2) is 18.2 Å². The number of hydroxylamine groups is 2. The molecule has 0 spiro atoms. The first kappa shape index (κ1) is 20.6. The minimum atomic E-state index is -0.596. The van der Waals surface area contributed by atoms with Gasteiger partial charge in [0.1, 0.15) is 17.6 Å². The molecule has 1 aromatic heterocycles. The molecule has 9 nitrogen and oxygen atoms in total. The van der Waals surface area contributed by atoms with Gasteiger partial charge in [0.05, 0.1) is 30.4 Å². The van der Waals surface area contributed by atoms with Crippen LogP contribution in [0.5, 0.6) is 0 Å². The van der Waals surface area contributed by atoms with Crippen molar-refractivity contribution < 1.29 is 23.9 Å². The monoisotopic (exact) mass is 437 g/mol. The maximum atomic E-state index is 13.4. The molecular formula is C19H21ClFN5O4. The molecule has 0 bridgehead atoms. The number of anilines is 1.